The monoisotopic (exact) mass is 507 g/mol. The number of benzene rings is 1. The Kier molecular flexibility index (Phi) is 7.34. The Morgan fingerprint density at radius 1 is 1.20 bits per heavy atom. The number of likely N-dealkylation sites (tertiary alicyclic amines) is 1. The molecule has 1 amide bonds. The summed E-state index contributed by atoms with van der Waals surface area (Å²) in [5.41, 5.74) is 0.126. The van der Waals surface area contributed by atoms with E-state index in [1.807, 2.05) is 6.92 Å². The number of anilines is 1. The molecule has 1 saturated heterocycles. The third kappa shape index (κ3) is 5.61. The number of aromatic nitrogens is 3. The summed E-state index contributed by atoms with van der Waals surface area (Å²) in [7, 11) is 0. The molecule has 3 heterocycles. The third-order valence-corrected chi connectivity index (χ3v) is 7.12. The zero-order chi connectivity index (χ0) is 25.2. The predicted molar refractivity (Wildman–Crippen MR) is 126 cm³/mol. The van der Waals surface area contributed by atoms with Crippen LogP contribution >= 0.6 is 11.3 Å². The molecule has 0 saturated carbocycles. The van der Waals surface area contributed by atoms with Crippen molar-refractivity contribution in [3.63, 3.8) is 0 Å². The van der Waals surface area contributed by atoms with Gasteiger partial charge in [-0.15, -0.1) is 11.3 Å². The SMILES string of the molecule is CCCC1CCN(C(=O)c2nc(C)sc2-c2ccc(F)cc2)C1CNc1ncc(C(F)(F)F)cn1. The van der Waals surface area contributed by atoms with Gasteiger partial charge in [-0.3, -0.25) is 4.79 Å². The van der Waals surface area contributed by atoms with E-state index < -0.39 is 11.7 Å². The molecule has 2 unspecified atom stereocenters. The third-order valence-electron chi connectivity index (χ3n) is 6.10. The second kappa shape index (κ2) is 10.3. The van der Waals surface area contributed by atoms with Gasteiger partial charge in [-0.05, 0) is 43.4 Å². The molecule has 1 aromatic carbocycles. The van der Waals surface area contributed by atoms with Crippen molar-refractivity contribution >= 4 is 23.2 Å². The number of carbonyl (C=O) groups excluding carboxylic acids is 1. The first-order valence-electron chi connectivity index (χ1n) is 11.3. The predicted octanol–water partition coefficient (Wildman–Crippen LogP) is 5.81. The van der Waals surface area contributed by atoms with Gasteiger partial charge in [0.15, 0.2) is 0 Å². The molecule has 11 heteroatoms. The first-order chi connectivity index (χ1) is 16.7. The van der Waals surface area contributed by atoms with E-state index in [9.17, 15) is 22.4 Å². The van der Waals surface area contributed by atoms with Crippen molar-refractivity contribution in [2.75, 3.05) is 18.4 Å². The highest BCUT2D eigenvalue weighted by atomic mass is 32.1. The number of aryl methyl sites for hydroxylation is 1. The van der Waals surface area contributed by atoms with Gasteiger partial charge >= 0.3 is 6.18 Å². The Labute approximate surface area is 204 Å². The highest BCUT2D eigenvalue weighted by Crippen LogP contribution is 2.35. The van der Waals surface area contributed by atoms with Crippen molar-refractivity contribution in [2.24, 2.45) is 5.92 Å². The molecular weight excluding hydrogens is 482 g/mol. The number of hydrogen-bond donors (Lipinski definition) is 1. The first-order valence-corrected chi connectivity index (χ1v) is 12.2. The number of carbonyl (C=O) groups is 1. The molecular formula is C24H25F4N5OS. The molecule has 0 aliphatic carbocycles. The van der Waals surface area contributed by atoms with Crippen molar-refractivity contribution < 1.29 is 22.4 Å². The number of nitrogens with zero attached hydrogens (tertiary/aromatic N) is 4. The van der Waals surface area contributed by atoms with Crippen molar-refractivity contribution in [3.8, 4) is 10.4 Å². The maximum absolute atomic E-state index is 13.7. The molecule has 2 atom stereocenters. The number of alkyl halides is 3. The molecule has 35 heavy (non-hydrogen) atoms. The maximum Gasteiger partial charge on any atom is 0.419 e. The fourth-order valence-corrected chi connectivity index (χ4v) is 5.34. The summed E-state index contributed by atoms with van der Waals surface area (Å²) in [6.07, 6.45) is -0.365. The fraction of sp³-hybridized carbons (Fsp3) is 0.417. The molecule has 0 bridgehead atoms. The molecule has 4 rings (SSSR count). The van der Waals surface area contributed by atoms with Crippen LogP contribution < -0.4 is 5.32 Å². The lowest BCUT2D eigenvalue weighted by Gasteiger charge is -2.28. The molecule has 1 aliphatic rings. The largest absolute Gasteiger partial charge is 0.419 e. The number of rotatable bonds is 7. The summed E-state index contributed by atoms with van der Waals surface area (Å²) < 4.78 is 51.8. The van der Waals surface area contributed by atoms with Gasteiger partial charge in [-0.25, -0.2) is 19.3 Å². The van der Waals surface area contributed by atoms with Crippen LogP contribution in [0.15, 0.2) is 36.7 Å². The minimum absolute atomic E-state index is 0.0732. The van der Waals surface area contributed by atoms with E-state index in [0.717, 1.165) is 42.2 Å². The number of halogens is 4. The second-order valence-corrected chi connectivity index (χ2v) is 9.70. The average Bonchev–Trinajstić information content (AvgIpc) is 3.41. The van der Waals surface area contributed by atoms with Crippen LogP contribution in [0.1, 0.15) is 47.2 Å². The lowest BCUT2D eigenvalue weighted by atomic mass is 9.95. The molecule has 6 nitrogen and oxygen atoms in total. The Morgan fingerprint density at radius 3 is 2.51 bits per heavy atom. The number of thiazole rings is 1. The van der Waals surface area contributed by atoms with Crippen molar-refractivity contribution in [3.05, 3.63) is 58.7 Å². The zero-order valence-electron chi connectivity index (χ0n) is 19.3. The van der Waals surface area contributed by atoms with E-state index in [2.05, 4.69) is 27.2 Å². The summed E-state index contributed by atoms with van der Waals surface area (Å²) in [5, 5.41) is 3.73. The smallest absolute Gasteiger partial charge is 0.352 e. The number of amides is 1. The topological polar surface area (TPSA) is 71.0 Å². The minimum Gasteiger partial charge on any atom is -0.352 e. The fourth-order valence-electron chi connectivity index (χ4n) is 4.42. The van der Waals surface area contributed by atoms with Gasteiger partial charge in [-0.1, -0.05) is 25.5 Å². The molecule has 1 fully saturated rings. The lowest BCUT2D eigenvalue weighted by Crippen LogP contribution is -2.42. The molecule has 1 N–H and O–H groups in total. The summed E-state index contributed by atoms with van der Waals surface area (Å²) >= 11 is 1.38. The second-order valence-electron chi connectivity index (χ2n) is 8.49. The van der Waals surface area contributed by atoms with Gasteiger partial charge in [0, 0.05) is 25.5 Å². The van der Waals surface area contributed by atoms with E-state index in [0.29, 0.717) is 23.7 Å². The Morgan fingerprint density at radius 2 is 1.89 bits per heavy atom. The van der Waals surface area contributed by atoms with Crippen LogP contribution in [0.4, 0.5) is 23.5 Å². The highest BCUT2D eigenvalue weighted by Gasteiger charge is 2.38. The van der Waals surface area contributed by atoms with Crippen molar-refractivity contribution in [1.29, 1.82) is 0 Å². The van der Waals surface area contributed by atoms with Crippen LogP contribution in [0.3, 0.4) is 0 Å². The minimum atomic E-state index is -4.51. The van der Waals surface area contributed by atoms with Crippen molar-refractivity contribution in [1.82, 2.24) is 19.9 Å². The van der Waals surface area contributed by atoms with Crippen LogP contribution in [-0.2, 0) is 6.18 Å². The highest BCUT2D eigenvalue weighted by molar-refractivity contribution is 7.15. The van der Waals surface area contributed by atoms with Gasteiger partial charge in [-0.2, -0.15) is 13.2 Å². The molecule has 1 aliphatic heterocycles. The van der Waals surface area contributed by atoms with Gasteiger partial charge in [0.2, 0.25) is 5.95 Å². The number of hydrogen-bond acceptors (Lipinski definition) is 6. The van der Waals surface area contributed by atoms with E-state index in [4.69, 9.17) is 0 Å². The van der Waals surface area contributed by atoms with Crippen LogP contribution in [0.2, 0.25) is 0 Å². The van der Waals surface area contributed by atoms with Gasteiger partial charge in [0.1, 0.15) is 11.5 Å². The summed E-state index contributed by atoms with van der Waals surface area (Å²) in [6.45, 7) is 4.74. The maximum atomic E-state index is 13.7. The zero-order valence-corrected chi connectivity index (χ0v) is 20.1. The Bertz CT molecular complexity index is 1160. The first kappa shape index (κ1) is 25.0. The van der Waals surface area contributed by atoms with Gasteiger partial charge in [0.25, 0.3) is 5.91 Å². The Balaban J connectivity index is 1.55. The Hall–Kier alpha value is -3.08. The van der Waals surface area contributed by atoms with E-state index in [1.165, 1.54) is 23.5 Å². The summed E-state index contributed by atoms with van der Waals surface area (Å²) in [6, 6.07) is 5.76. The van der Waals surface area contributed by atoms with E-state index >= 15 is 0 Å². The van der Waals surface area contributed by atoms with Crippen LogP contribution in [0.25, 0.3) is 10.4 Å². The molecule has 186 valence electrons. The van der Waals surface area contributed by atoms with E-state index in [-0.39, 0.29) is 29.6 Å². The van der Waals surface area contributed by atoms with Crippen LogP contribution in [0, 0.1) is 18.7 Å². The molecule has 0 spiro atoms. The lowest BCUT2D eigenvalue weighted by molar-refractivity contribution is -0.138. The molecule has 0 radical (unpaired) electrons. The van der Waals surface area contributed by atoms with Gasteiger partial charge < -0.3 is 10.2 Å². The van der Waals surface area contributed by atoms with Crippen molar-refractivity contribution in [2.45, 2.75) is 45.3 Å². The summed E-state index contributed by atoms with van der Waals surface area (Å²) in [5.74, 6) is -0.280. The van der Waals surface area contributed by atoms with Crippen LogP contribution in [-0.4, -0.2) is 44.9 Å². The summed E-state index contributed by atoms with van der Waals surface area (Å²) in [4.78, 5) is 28.2. The van der Waals surface area contributed by atoms with E-state index in [1.54, 1.807) is 17.0 Å². The van der Waals surface area contributed by atoms with Gasteiger partial charge in [0.05, 0.1) is 21.5 Å². The normalized spacial score (nSPS) is 18.2. The average molecular weight is 508 g/mol. The standard InChI is InChI=1S/C24H25F4N5OS/c1-3-4-15-9-10-33(19(15)13-31-23-29-11-17(12-30-23)24(26,27)28)22(34)20-21(35-14(2)32-20)16-5-7-18(25)8-6-16/h5-8,11-12,15,19H,3-4,9-10,13H2,1-2H3,(H,29,30,31). The number of nitrogens with one attached hydrogen (secondary N) is 1. The quantitative estimate of drug-likeness (QED) is 0.409. The molecule has 2 aromatic heterocycles. The van der Waals surface area contributed by atoms with Crippen LogP contribution in [0.5, 0.6) is 0 Å². The molecule has 3 aromatic rings.